The molecule has 1 nitrogen and oxygen atoms in total. The minimum Gasteiger partial charge on any atom is -0.388 e. The molecule has 1 saturated heterocycles. The van der Waals surface area contributed by atoms with Crippen LogP contribution in [-0.4, -0.2) is 21.7 Å². The van der Waals surface area contributed by atoms with E-state index in [1.165, 1.54) is 6.07 Å². The van der Waals surface area contributed by atoms with Crippen molar-refractivity contribution in [3.05, 3.63) is 34.6 Å². The Labute approximate surface area is 110 Å². The van der Waals surface area contributed by atoms with E-state index in [9.17, 15) is 9.50 Å². The Morgan fingerprint density at radius 1 is 1.59 bits per heavy atom. The zero-order chi connectivity index (χ0) is 12.5. The van der Waals surface area contributed by atoms with Gasteiger partial charge in [-0.2, -0.15) is 11.8 Å². The summed E-state index contributed by atoms with van der Waals surface area (Å²) in [4.78, 5) is 0. The lowest BCUT2D eigenvalue weighted by atomic mass is 9.87. The molecule has 0 amide bonds. The molecule has 0 bridgehead atoms. The van der Waals surface area contributed by atoms with Crippen LogP contribution >= 0.6 is 23.4 Å². The number of hydrogen-bond acceptors (Lipinski definition) is 2. The molecule has 0 aromatic heterocycles. The van der Waals surface area contributed by atoms with Gasteiger partial charge < -0.3 is 5.11 Å². The molecule has 1 aromatic carbocycles. The highest BCUT2D eigenvalue weighted by Crippen LogP contribution is 2.37. The van der Waals surface area contributed by atoms with E-state index < -0.39 is 5.60 Å². The van der Waals surface area contributed by atoms with Crippen LogP contribution in [0.25, 0.3) is 0 Å². The highest BCUT2D eigenvalue weighted by Gasteiger charge is 2.37. The van der Waals surface area contributed by atoms with Gasteiger partial charge in [0.05, 0.1) is 5.60 Å². The van der Waals surface area contributed by atoms with Crippen LogP contribution in [0.5, 0.6) is 0 Å². The molecule has 0 spiro atoms. The zero-order valence-corrected chi connectivity index (χ0v) is 11.3. The molecule has 0 saturated carbocycles. The van der Waals surface area contributed by atoms with Crippen molar-refractivity contribution < 1.29 is 9.50 Å². The maximum absolute atomic E-state index is 13.7. The van der Waals surface area contributed by atoms with E-state index in [0.29, 0.717) is 23.4 Å². The third kappa shape index (κ3) is 2.78. The van der Waals surface area contributed by atoms with Crippen LogP contribution in [-0.2, 0) is 6.42 Å². The van der Waals surface area contributed by atoms with Gasteiger partial charge in [-0.05, 0) is 30.7 Å². The molecule has 4 heteroatoms. The minimum atomic E-state index is -0.839. The first-order valence-corrected chi connectivity index (χ1v) is 7.22. The largest absolute Gasteiger partial charge is 0.388 e. The number of rotatable bonds is 2. The van der Waals surface area contributed by atoms with Crippen molar-refractivity contribution in [3.8, 4) is 0 Å². The molecule has 2 unspecified atom stereocenters. The second-order valence-electron chi connectivity index (χ2n) is 4.60. The van der Waals surface area contributed by atoms with Crippen LogP contribution in [0.2, 0.25) is 5.02 Å². The normalized spacial score (nSPS) is 29.3. The summed E-state index contributed by atoms with van der Waals surface area (Å²) in [6.07, 6.45) is 1.98. The zero-order valence-electron chi connectivity index (χ0n) is 9.75. The van der Waals surface area contributed by atoms with Gasteiger partial charge in [-0.25, -0.2) is 4.39 Å². The predicted molar refractivity (Wildman–Crippen MR) is 71.2 cm³/mol. The molecular weight excluding hydrogens is 259 g/mol. The first-order chi connectivity index (χ1) is 8.03. The Morgan fingerprint density at radius 2 is 2.35 bits per heavy atom. The maximum Gasteiger partial charge on any atom is 0.127 e. The van der Waals surface area contributed by atoms with Crippen molar-refractivity contribution in [2.75, 3.05) is 5.75 Å². The SMILES string of the molecule is CC1SCCCC1(O)Cc1c(F)cccc1Cl. The molecular formula is C13H16ClFOS. The van der Waals surface area contributed by atoms with Gasteiger partial charge in [0, 0.05) is 22.3 Å². The lowest BCUT2D eigenvalue weighted by molar-refractivity contribution is 0.0290. The first-order valence-electron chi connectivity index (χ1n) is 5.80. The molecule has 17 heavy (non-hydrogen) atoms. The molecule has 0 aliphatic carbocycles. The van der Waals surface area contributed by atoms with Crippen LogP contribution in [0.4, 0.5) is 4.39 Å². The van der Waals surface area contributed by atoms with Crippen molar-refractivity contribution in [3.63, 3.8) is 0 Å². The van der Waals surface area contributed by atoms with E-state index in [-0.39, 0.29) is 11.1 Å². The third-order valence-electron chi connectivity index (χ3n) is 3.42. The Morgan fingerprint density at radius 3 is 3.00 bits per heavy atom. The number of benzene rings is 1. The van der Waals surface area contributed by atoms with Crippen molar-refractivity contribution in [1.82, 2.24) is 0 Å². The summed E-state index contributed by atoms with van der Waals surface area (Å²) in [6, 6.07) is 4.65. The van der Waals surface area contributed by atoms with Crippen LogP contribution in [0.3, 0.4) is 0 Å². The Hall–Kier alpha value is -0.250. The van der Waals surface area contributed by atoms with Crippen molar-refractivity contribution in [2.45, 2.75) is 37.0 Å². The molecule has 2 atom stereocenters. The number of thioether (sulfide) groups is 1. The van der Waals surface area contributed by atoms with Gasteiger partial charge in [-0.1, -0.05) is 24.6 Å². The molecule has 1 heterocycles. The van der Waals surface area contributed by atoms with Crippen molar-refractivity contribution in [1.29, 1.82) is 0 Å². The summed E-state index contributed by atoms with van der Waals surface area (Å²) in [5.41, 5.74) is -0.402. The topological polar surface area (TPSA) is 20.2 Å². The Balaban J connectivity index is 2.25. The predicted octanol–water partition coefficient (Wildman–Crippen LogP) is 3.67. The quantitative estimate of drug-likeness (QED) is 0.888. The molecule has 1 aromatic rings. The summed E-state index contributed by atoms with van der Waals surface area (Å²) < 4.78 is 13.7. The lowest BCUT2D eigenvalue weighted by Gasteiger charge is -2.38. The van der Waals surface area contributed by atoms with E-state index in [0.717, 1.165) is 12.2 Å². The maximum atomic E-state index is 13.7. The van der Waals surface area contributed by atoms with E-state index in [2.05, 4.69) is 0 Å². The second-order valence-corrected chi connectivity index (χ2v) is 6.45. The van der Waals surface area contributed by atoms with Crippen molar-refractivity contribution in [2.24, 2.45) is 0 Å². The molecule has 1 N–H and O–H groups in total. The number of aliphatic hydroxyl groups is 1. The van der Waals surface area contributed by atoms with E-state index >= 15 is 0 Å². The highest BCUT2D eigenvalue weighted by atomic mass is 35.5. The van der Waals surface area contributed by atoms with E-state index in [1.54, 1.807) is 23.9 Å². The van der Waals surface area contributed by atoms with Crippen LogP contribution < -0.4 is 0 Å². The summed E-state index contributed by atoms with van der Waals surface area (Å²) in [7, 11) is 0. The van der Waals surface area contributed by atoms with Crippen LogP contribution in [0.15, 0.2) is 18.2 Å². The molecule has 1 aliphatic heterocycles. The summed E-state index contributed by atoms with van der Waals surface area (Å²) in [5.74, 6) is 0.739. The van der Waals surface area contributed by atoms with E-state index in [4.69, 9.17) is 11.6 Å². The van der Waals surface area contributed by atoms with Gasteiger partial charge in [0.2, 0.25) is 0 Å². The Kier molecular flexibility index (Phi) is 4.01. The van der Waals surface area contributed by atoms with Crippen LogP contribution in [0.1, 0.15) is 25.3 Å². The summed E-state index contributed by atoms with van der Waals surface area (Å²) >= 11 is 7.74. The smallest absolute Gasteiger partial charge is 0.127 e. The van der Waals surface area contributed by atoms with Gasteiger partial charge in [-0.3, -0.25) is 0 Å². The van der Waals surface area contributed by atoms with Gasteiger partial charge in [-0.15, -0.1) is 0 Å². The molecule has 1 fully saturated rings. The third-order valence-corrected chi connectivity index (χ3v) is 5.24. The summed E-state index contributed by atoms with van der Waals surface area (Å²) in [6.45, 7) is 2.00. The first kappa shape index (κ1) is 13.2. The minimum absolute atomic E-state index is 0.118. The monoisotopic (exact) mass is 274 g/mol. The fraction of sp³-hybridized carbons (Fsp3) is 0.538. The number of hydrogen-bond donors (Lipinski definition) is 1. The van der Waals surface area contributed by atoms with Crippen LogP contribution in [0, 0.1) is 5.82 Å². The Bertz CT molecular complexity index is 392. The van der Waals surface area contributed by atoms with Gasteiger partial charge in [0.15, 0.2) is 0 Å². The standard InChI is InChI=1S/C13H16ClFOS/c1-9-13(16,6-3-7-17-9)8-10-11(14)4-2-5-12(10)15/h2,4-5,9,16H,3,6-8H2,1H3. The number of halogens is 2. The van der Waals surface area contributed by atoms with Gasteiger partial charge >= 0.3 is 0 Å². The lowest BCUT2D eigenvalue weighted by Crippen LogP contribution is -2.43. The van der Waals surface area contributed by atoms with E-state index in [1.807, 2.05) is 6.92 Å². The molecule has 1 aliphatic rings. The molecule has 94 valence electrons. The fourth-order valence-electron chi connectivity index (χ4n) is 2.24. The molecule has 0 radical (unpaired) electrons. The average Bonchev–Trinajstić information content (AvgIpc) is 2.28. The average molecular weight is 275 g/mol. The van der Waals surface area contributed by atoms with Gasteiger partial charge in [0.25, 0.3) is 0 Å². The van der Waals surface area contributed by atoms with Gasteiger partial charge in [0.1, 0.15) is 5.82 Å². The summed E-state index contributed by atoms with van der Waals surface area (Å²) in [5, 5.41) is 11.1. The van der Waals surface area contributed by atoms with Crippen molar-refractivity contribution >= 4 is 23.4 Å². The second kappa shape index (κ2) is 5.17. The highest BCUT2D eigenvalue weighted by molar-refractivity contribution is 8.00. The molecule has 2 rings (SSSR count). The fourth-order valence-corrected chi connectivity index (χ4v) is 3.64.